The number of hydrogen-bond acceptors (Lipinski definition) is 4. The highest BCUT2D eigenvalue weighted by Crippen LogP contribution is 2.33. The number of hydrogen-bond donors (Lipinski definition) is 2. The Balaban J connectivity index is 2.71. The van der Waals surface area contributed by atoms with Crippen LogP contribution in [0.15, 0.2) is 18.2 Å². The van der Waals surface area contributed by atoms with Gasteiger partial charge in [-0.3, -0.25) is 10.1 Å². The van der Waals surface area contributed by atoms with Crippen molar-refractivity contribution in [1.82, 2.24) is 0 Å². The van der Waals surface area contributed by atoms with Gasteiger partial charge in [0.1, 0.15) is 5.69 Å². The van der Waals surface area contributed by atoms with Crippen LogP contribution in [0.2, 0.25) is 0 Å². The van der Waals surface area contributed by atoms with Gasteiger partial charge in [-0.15, -0.1) is 0 Å². The molecule has 0 unspecified atom stereocenters. The number of anilines is 1. The van der Waals surface area contributed by atoms with Crippen molar-refractivity contribution in [2.24, 2.45) is 0 Å². The SMILES string of the molecule is CCCCCNc1cccc(O)c1[N+](=O)[O-]. The Morgan fingerprint density at radius 3 is 2.81 bits per heavy atom. The monoisotopic (exact) mass is 224 g/mol. The summed E-state index contributed by atoms with van der Waals surface area (Å²) in [4.78, 5) is 10.2. The average Bonchev–Trinajstić information content (AvgIpc) is 2.24. The van der Waals surface area contributed by atoms with E-state index in [0.717, 1.165) is 19.3 Å². The van der Waals surface area contributed by atoms with Crippen LogP contribution in [0.4, 0.5) is 11.4 Å². The highest BCUT2D eigenvalue weighted by atomic mass is 16.6. The van der Waals surface area contributed by atoms with E-state index in [2.05, 4.69) is 12.2 Å². The number of phenols is 1. The Bertz CT molecular complexity index is 366. The highest BCUT2D eigenvalue weighted by Gasteiger charge is 2.18. The standard InChI is InChI=1S/C11H16N2O3/c1-2-3-4-8-12-9-6-5-7-10(14)11(9)13(15)16/h5-7,12,14H,2-4,8H2,1H3. The Hall–Kier alpha value is -1.78. The zero-order valence-corrected chi connectivity index (χ0v) is 9.27. The molecule has 0 bridgehead atoms. The van der Waals surface area contributed by atoms with E-state index in [1.54, 1.807) is 12.1 Å². The first-order valence-corrected chi connectivity index (χ1v) is 5.37. The maximum absolute atomic E-state index is 10.7. The molecule has 0 saturated carbocycles. The molecule has 1 rings (SSSR count). The quantitative estimate of drug-likeness (QED) is 0.442. The molecule has 1 aromatic carbocycles. The van der Waals surface area contributed by atoms with Crippen molar-refractivity contribution in [3.63, 3.8) is 0 Å². The predicted molar refractivity (Wildman–Crippen MR) is 62.8 cm³/mol. The lowest BCUT2D eigenvalue weighted by Crippen LogP contribution is -2.04. The first kappa shape index (κ1) is 12.3. The maximum atomic E-state index is 10.7. The van der Waals surface area contributed by atoms with E-state index in [9.17, 15) is 15.2 Å². The fraction of sp³-hybridized carbons (Fsp3) is 0.455. The predicted octanol–water partition coefficient (Wildman–Crippen LogP) is 2.90. The molecule has 0 atom stereocenters. The number of unbranched alkanes of at least 4 members (excludes halogenated alkanes) is 2. The second-order valence-electron chi connectivity index (χ2n) is 3.56. The molecule has 0 fully saturated rings. The van der Waals surface area contributed by atoms with Crippen molar-refractivity contribution in [3.05, 3.63) is 28.3 Å². The number of nitrogens with zero attached hydrogens (tertiary/aromatic N) is 1. The molecular weight excluding hydrogens is 208 g/mol. The zero-order valence-electron chi connectivity index (χ0n) is 9.27. The summed E-state index contributed by atoms with van der Waals surface area (Å²) in [5, 5.41) is 23.1. The molecule has 2 N–H and O–H groups in total. The number of rotatable bonds is 6. The number of phenolic OH excluding ortho intramolecular Hbond substituents is 1. The highest BCUT2D eigenvalue weighted by molar-refractivity contribution is 5.67. The first-order chi connectivity index (χ1) is 7.66. The van der Waals surface area contributed by atoms with Crippen molar-refractivity contribution < 1.29 is 10.0 Å². The number of nitrogens with one attached hydrogen (secondary N) is 1. The number of benzene rings is 1. The van der Waals surface area contributed by atoms with Gasteiger partial charge in [-0.25, -0.2) is 0 Å². The van der Waals surface area contributed by atoms with Crippen LogP contribution in [-0.4, -0.2) is 16.6 Å². The van der Waals surface area contributed by atoms with Gasteiger partial charge in [-0.05, 0) is 18.6 Å². The number of aromatic hydroxyl groups is 1. The molecular formula is C11H16N2O3. The number of nitro benzene ring substituents is 1. The molecule has 0 aliphatic heterocycles. The molecule has 88 valence electrons. The second-order valence-corrected chi connectivity index (χ2v) is 3.56. The van der Waals surface area contributed by atoms with Crippen LogP contribution in [0, 0.1) is 10.1 Å². The lowest BCUT2D eigenvalue weighted by Gasteiger charge is -2.07. The topological polar surface area (TPSA) is 75.4 Å². The molecule has 0 aliphatic rings. The van der Waals surface area contributed by atoms with Gasteiger partial charge in [-0.2, -0.15) is 0 Å². The molecule has 5 heteroatoms. The van der Waals surface area contributed by atoms with Crippen molar-refractivity contribution in [2.75, 3.05) is 11.9 Å². The minimum absolute atomic E-state index is 0.251. The van der Waals surface area contributed by atoms with Crippen molar-refractivity contribution in [1.29, 1.82) is 0 Å². The fourth-order valence-electron chi connectivity index (χ4n) is 1.46. The summed E-state index contributed by atoms with van der Waals surface area (Å²) < 4.78 is 0. The molecule has 0 aliphatic carbocycles. The largest absolute Gasteiger partial charge is 0.502 e. The third-order valence-electron chi connectivity index (χ3n) is 2.29. The maximum Gasteiger partial charge on any atom is 0.333 e. The van der Waals surface area contributed by atoms with Crippen LogP contribution in [0.3, 0.4) is 0 Å². The Labute approximate surface area is 94.3 Å². The molecule has 0 radical (unpaired) electrons. The van der Waals surface area contributed by atoms with Crippen LogP contribution >= 0.6 is 0 Å². The van der Waals surface area contributed by atoms with Crippen LogP contribution in [0.25, 0.3) is 0 Å². The van der Waals surface area contributed by atoms with Crippen LogP contribution < -0.4 is 5.32 Å². The molecule has 0 heterocycles. The summed E-state index contributed by atoms with van der Waals surface area (Å²) >= 11 is 0. The summed E-state index contributed by atoms with van der Waals surface area (Å²) in [7, 11) is 0. The molecule has 0 spiro atoms. The van der Waals surface area contributed by atoms with Gasteiger partial charge in [0.25, 0.3) is 0 Å². The molecule has 1 aromatic rings. The van der Waals surface area contributed by atoms with E-state index in [1.807, 2.05) is 0 Å². The van der Waals surface area contributed by atoms with Crippen LogP contribution in [0.1, 0.15) is 26.2 Å². The van der Waals surface area contributed by atoms with Gasteiger partial charge in [0, 0.05) is 6.54 Å². The molecule has 0 saturated heterocycles. The smallest absolute Gasteiger partial charge is 0.333 e. The van der Waals surface area contributed by atoms with Gasteiger partial charge < -0.3 is 10.4 Å². The normalized spacial score (nSPS) is 10.1. The second kappa shape index (κ2) is 5.95. The first-order valence-electron chi connectivity index (χ1n) is 5.37. The summed E-state index contributed by atoms with van der Waals surface area (Å²) in [5.74, 6) is -0.300. The lowest BCUT2D eigenvalue weighted by atomic mass is 10.2. The third kappa shape index (κ3) is 3.12. The minimum Gasteiger partial charge on any atom is -0.502 e. The van der Waals surface area contributed by atoms with Crippen molar-refractivity contribution in [3.8, 4) is 5.75 Å². The Morgan fingerprint density at radius 1 is 1.44 bits per heavy atom. The summed E-state index contributed by atoms with van der Waals surface area (Å²) in [5.41, 5.74) is 0.125. The summed E-state index contributed by atoms with van der Waals surface area (Å²) in [6.45, 7) is 2.77. The van der Waals surface area contributed by atoms with E-state index in [0.29, 0.717) is 12.2 Å². The Morgan fingerprint density at radius 2 is 2.19 bits per heavy atom. The average molecular weight is 224 g/mol. The lowest BCUT2D eigenvalue weighted by molar-refractivity contribution is -0.384. The van der Waals surface area contributed by atoms with E-state index in [-0.39, 0.29) is 11.4 Å². The molecule has 0 aromatic heterocycles. The van der Waals surface area contributed by atoms with E-state index >= 15 is 0 Å². The van der Waals surface area contributed by atoms with Crippen molar-refractivity contribution >= 4 is 11.4 Å². The summed E-state index contributed by atoms with van der Waals surface area (Å²) in [6, 6.07) is 4.50. The third-order valence-corrected chi connectivity index (χ3v) is 2.29. The van der Waals surface area contributed by atoms with E-state index in [1.165, 1.54) is 6.07 Å². The van der Waals surface area contributed by atoms with Crippen molar-refractivity contribution in [2.45, 2.75) is 26.2 Å². The van der Waals surface area contributed by atoms with Gasteiger partial charge in [0.2, 0.25) is 0 Å². The zero-order chi connectivity index (χ0) is 12.0. The van der Waals surface area contributed by atoms with E-state index < -0.39 is 4.92 Å². The molecule has 16 heavy (non-hydrogen) atoms. The van der Waals surface area contributed by atoms with Gasteiger partial charge >= 0.3 is 5.69 Å². The van der Waals surface area contributed by atoms with Gasteiger partial charge in [0.15, 0.2) is 5.75 Å². The molecule has 5 nitrogen and oxygen atoms in total. The van der Waals surface area contributed by atoms with Crippen LogP contribution in [0.5, 0.6) is 5.75 Å². The summed E-state index contributed by atoms with van der Waals surface area (Å²) in [6.07, 6.45) is 3.15. The van der Waals surface area contributed by atoms with Crippen LogP contribution in [-0.2, 0) is 0 Å². The number of para-hydroxylation sites is 1. The fourth-order valence-corrected chi connectivity index (χ4v) is 1.46. The van der Waals surface area contributed by atoms with Gasteiger partial charge in [-0.1, -0.05) is 25.8 Å². The van der Waals surface area contributed by atoms with Gasteiger partial charge in [0.05, 0.1) is 4.92 Å². The molecule has 0 amide bonds. The van der Waals surface area contributed by atoms with E-state index in [4.69, 9.17) is 0 Å². The Kier molecular flexibility index (Phi) is 4.57. The number of nitro groups is 1. The minimum atomic E-state index is -0.572.